The number of aliphatic hydroxyl groups is 1. The van der Waals surface area contributed by atoms with Gasteiger partial charge in [-0.05, 0) is 17.7 Å². The number of rotatable bonds is 5. The predicted octanol–water partition coefficient (Wildman–Crippen LogP) is 2.37. The van der Waals surface area contributed by atoms with Crippen molar-refractivity contribution in [1.82, 2.24) is 4.98 Å². The van der Waals surface area contributed by atoms with Crippen molar-refractivity contribution in [2.75, 3.05) is 13.7 Å². The number of methoxy groups -OCH3 is 1. The number of ether oxygens (including phenoxy) is 1. The van der Waals surface area contributed by atoms with E-state index < -0.39 is 0 Å². The zero-order valence-corrected chi connectivity index (χ0v) is 10.6. The minimum Gasteiger partial charge on any atom is -0.497 e. The molecule has 1 aromatic heterocycles. The number of benzene rings is 1. The zero-order valence-electron chi connectivity index (χ0n) is 10.6. The standard InChI is InChI=1S/C14H17NO3/c1-10(8-16)13-9-18-14(15-13)7-11-4-3-5-12(6-11)17-2/h3-6,9-10,16H,7-8H2,1-2H3. The molecule has 0 aliphatic heterocycles. The van der Waals surface area contributed by atoms with Crippen LogP contribution in [0.2, 0.25) is 0 Å². The molecule has 96 valence electrons. The largest absolute Gasteiger partial charge is 0.497 e. The molecule has 0 aliphatic carbocycles. The van der Waals surface area contributed by atoms with E-state index in [1.165, 1.54) is 0 Å². The fourth-order valence-corrected chi connectivity index (χ4v) is 1.68. The van der Waals surface area contributed by atoms with Crippen molar-refractivity contribution in [3.8, 4) is 5.75 Å². The summed E-state index contributed by atoms with van der Waals surface area (Å²) in [5.41, 5.74) is 1.87. The highest BCUT2D eigenvalue weighted by molar-refractivity contribution is 5.30. The Labute approximate surface area is 106 Å². The van der Waals surface area contributed by atoms with Gasteiger partial charge in [0.15, 0.2) is 5.89 Å². The lowest BCUT2D eigenvalue weighted by Gasteiger charge is -2.02. The third-order valence-electron chi connectivity index (χ3n) is 2.84. The summed E-state index contributed by atoms with van der Waals surface area (Å²) in [6, 6.07) is 7.80. The van der Waals surface area contributed by atoms with Crippen molar-refractivity contribution in [1.29, 1.82) is 0 Å². The summed E-state index contributed by atoms with van der Waals surface area (Å²) in [6.07, 6.45) is 2.23. The summed E-state index contributed by atoms with van der Waals surface area (Å²) >= 11 is 0. The molecule has 0 bridgehead atoms. The summed E-state index contributed by atoms with van der Waals surface area (Å²) < 4.78 is 10.6. The number of aromatic nitrogens is 1. The first-order valence-electron chi connectivity index (χ1n) is 5.91. The van der Waals surface area contributed by atoms with E-state index in [-0.39, 0.29) is 12.5 Å². The summed E-state index contributed by atoms with van der Waals surface area (Å²) in [7, 11) is 1.64. The lowest BCUT2D eigenvalue weighted by Crippen LogP contribution is -1.99. The molecule has 1 N–H and O–H groups in total. The molecule has 2 rings (SSSR count). The molecule has 0 amide bonds. The topological polar surface area (TPSA) is 55.5 Å². The van der Waals surface area contributed by atoms with Gasteiger partial charge in [-0.1, -0.05) is 19.1 Å². The van der Waals surface area contributed by atoms with Crippen LogP contribution in [0.5, 0.6) is 5.75 Å². The lowest BCUT2D eigenvalue weighted by molar-refractivity contribution is 0.271. The Hall–Kier alpha value is -1.81. The van der Waals surface area contributed by atoms with Crippen molar-refractivity contribution >= 4 is 0 Å². The molecule has 0 saturated carbocycles. The van der Waals surface area contributed by atoms with Crippen LogP contribution in [0, 0.1) is 0 Å². The molecule has 0 aliphatic rings. The maximum atomic E-state index is 9.06. The molecule has 0 spiro atoms. The van der Waals surface area contributed by atoms with Crippen LogP contribution in [0.3, 0.4) is 0 Å². The molecule has 18 heavy (non-hydrogen) atoms. The fraction of sp³-hybridized carbons (Fsp3) is 0.357. The normalized spacial score (nSPS) is 12.4. The Balaban J connectivity index is 2.11. The molecule has 0 radical (unpaired) electrons. The average Bonchev–Trinajstić information content (AvgIpc) is 2.86. The Morgan fingerprint density at radius 1 is 1.44 bits per heavy atom. The molecule has 4 heteroatoms. The van der Waals surface area contributed by atoms with E-state index in [9.17, 15) is 0 Å². The van der Waals surface area contributed by atoms with Gasteiger partial charge >= 0.3 is 0 Å². The van der Waals surface area contributed by atoms with Crippen molar-refractivity contribution in [3.63, 3.8) is 0 Å². The van der Waals surface area contributed by atoms with Crippen LogP contribution in [-0.2, 0) is 6.42 Å². The first-order chi connectivity index (χ1) is 8.72. The quantitative estimate of drug-likeness (QED) is 0.881. The van der Waals surface area contributed by atoms with Gasteiger partial charge in [0.05, 0.1) is 19.4 Å². The Kier molecular flexibility index (Phi) is 3.99. The van der Waals surface area contributed by atoms with Gasteiger partial charge in [0.2, 0.25) is 0 Å². The van der Waals surface area contributed by atoms with E-state index in [1.807, 2.05) is 31.2 Å². The monoisotopic (exact) mass is 247 g/mol. The maximum absolute atomic E-state index is 9.06. The summed E-state index contributed by atoms with van der Waals surface area (Å²) in [4.78, 5) is 4.36. The van der Waals surface area contributed by atoms with Crippen molar-refractivity contribution in [3.05, 3.63) is 47.7 Å². The van der Waals surface area contributed by atoms with Crippen molar-refractivity contribution < 1.29 is 14.3 Å². The third-order valence-corrected chi connectivity index (χ3v) is 2.84. The third kappa shape index (κ3) is 2.90. The smallest absolute Gasteiger partial charge is 0.198 e. The van der Waals surface area contributed by atoms with E-state index in [0.29, 0.717) is 12.3 Å². The van der Waals surface area contributed by atoms with E-state index in [4.69, 9.17) is 14.3 Å². The molecule has 0 fully saturated rings. The Bertz CT molecular complexity index is 507. The molecule has 0 saturated heterocycles. The fourth-order valence-electron chi connectivity index (χ4n) is 1.68. The summed E-state index contributed by atoms with van der Waals surface area (Å²) in [6.45, 7) is 1.98. The molecule has 4 nitrogen and oxygen atoms in total. The van der Waals surface area contributed by atoms with Gasteiger partial charge in [-0.3, -0.25) is 0 Å². The molecular weight excluding hydrogens is 230 g/mol. The van der Waals surface area contributed by atoms with Crippen molar-refractivity contribution in [2.24, 2.45) is 0 Å². The van der Waals surface area contributed by atoms with Crippen LogP contribution in [0.1, 0.15) is 30.0 Å². The SMILES string of the molecule is COc1cccc(Cc2nc(C(C)CO)co2)c1. The van der Waals surface area contributed by atoms with Crippen LogP contribution in [-0.4, -0.2) is 23.8 Å². The van der Waals surface area contributed by atoms with Gasteiger partial charge in [-0.15, -0.1) is 0 Å². The second-order valence-corrected chi connectivity index (χ2v) is 4.28. The van der Waals surface area contributed by atoms with Gasteiger partial charge < -0.3 is 14.3 Å². The minimum atomic E-state index is 0.00723. The van der Waals surface area contributed by atoms with Crippen LogP contribution in [0.15, 0.2) is 34.9 Å². The predicted molar refractivity (Wildman–Crippen MR) is 67.8 cm³/mol. The van der Waals surface area contributed by atoms with Gasteiger partial charge in [-0.2, -0.15) is 0 Å². The first kappa shape index (κ1) is 12.6. The Morgan fingerprint density at radius 2 is 2.28 bits per heavy atom. The maximum Gasteiger partial charge on any atom is 0.198 e. The highest BCUT2D eigenvalue weighted by Gasteiger charge is 2.11. The summed E-state index contributed by atoms with van der Waals surface area (Å²) in [5, 5.41) is 9.06. The van der Waals surface area contributed by atoms with Crippen molar-refractivity contribution in [2.45, 2.75) is 19.3 Å². The highest BCUT2D eigenvalue weighted by Crippen LogP contribution is 2.18. The number of hydrogen-bond acceptors (Lipinski definition) is 4. The van der Waals surface area contributed by atoms with Crippen LogP contribution >= 0.6 is 0 Å². The van der Waals surface area contributed by atoms with E-state index >= 15 is 0 Å². The Morgan fingerprint density at radius 3 is 3.00 bits per heavy atom. The van der Waals surface area contributed by atoms with Gasteiger partial charge in [0, 0.05) is 12.3 Å². The lowest BCUT2D eigenvalue weighted by atomic mass is 10.1. The van der Waals surface area contributed by atoms with Gasteiger partial charge in [-0.25, -0.2) is 4.98 Å². The number of hydrogen-bond donors (Lipinski definition) is 1. The van der Waals surface area contributed by atoms with Crippen LogP contribution in [0.4, 0.5) is 0 Å². The number of nitrogens with zero attached hydrogens (tertiary/aromatic N) is 1. The first-order valence-corrected chi connectivity index (χ1v) is 5.91. The van der Waals surface area contributed by atoms with E-state index in [1.54, 1.807) is 13.4 Å². The molecule has 2 aromatic rings. The second-order valence-electron chi connectivity index (χ2n) is 4.28. The van der Waals surface area contributed by atoms with Crippen LogP contribution < -0.4 is 4.74 Å². The molecule has 1 unspecified atom stereocenters. The van der Waals surface area contributed by atoms with Gasteiger partial charge in [0.25, 0.3) is 0 Å². The number of oxazole rings is 1. The molecular formula is C14H17NO3. The highest BCUT2D eigenvalue weighted by atomic mass is 16.5. The molecule has 1 aromatic carbocycles. The molecule has 1 heterocycles. The average molecular weight is 247 g/mol. The number of aliphatic hydroxyl groups excluding tert-OH is 1. The van der Waals surface area contributed by atoms with E-state index in [2.05, 4.69) is 4.98 Å². The minimum absolute atomic E-state index is 0.00723. The van der Waals surface area contributed by atoms with Crippen LogP contribution in [0.25, 0.3) is 0 Å². The zero-order chi connectivity index (χ0) is 13.0. The molecule has 1 atom stereocenters. The van der Waals surface area contributed by atoms with E-state index in [0.717, 1.165) is 17.0 Å². The summed E-state index contributed by atoms with van der Waals surface area (Å²) in [5.74, 6) is 1.48. The van der Waals surface area contributed by atoms with Gasteiger partial charge in [0.1, 0.15) is 12.0 Å². The second kappa shape index (κ2) is 5.69.